The third kappa shape index (κ3) is 1.23. The van der Waals surface area contributed by atoms with Gasteiger partial charge < -0.3 is 9.72 Å². The number of hydrogen-bond donors (Lipinski definition) is 1. The fraction of sp³-hybridized carbons (Fsp3) is 0.444. The zero-order valence-corrected chi connectivity index (χ0v) is 8.11. The van der Waals surface area contributed by atoms with Crippen LogP contribution in [0.15, 0.2) is 6.07 Å². The largest absolute Gasteiger partial charge is 0.464 e. The number of fused-ring (bicyclic) bond motifs is 1. The summed E-state index contributed by atoms with van der Waals surface area (Å²) in [4.78, 5) is 13.2. The van der Waals surface area contributed by atoms with Gasteiger partial charge in [-0.05, 0) is 6.07 Å². The molecule has 2 rings (SSSR count). The van der Waals surface area contributed by atoms with Crippen molar-refractivity contribution in [2.24, 2.45) is 0 Å². The minimum atomic E-state index is -4.24. The second-order valence-corrected chi connectivity index (χ2v) is 3.52. The summed E-state index contributed by atoms with van der Waals surface area (Å²) in [6, 6.07) is 0.710. The van der Waals surface area contributed by atoms with Gasteiger partial charge in [0.25, 0.3) is 0 Å². The average Bonchev–Trinajstić information content (AvgIpc) is 2.65. The van der Waals surface area contributed by atoms with Crippen molar-refractivity contribution in [1.82, 2.24) is 4.98 Å². The first-order chi connectivity index (χ1) is 7.29. The van der Waals surface area contributed by atoms with E-state index in [9.17, 15) is 22.4 Å². The Balaban J connectivity index is 2.46. The van der Waals surface area contributed by atoms with Crippen LogP contribution in [0.3, 0.4) is 0 Å². The predicted molar refractivity (Wildman–Crippen MR) is 44.7 cm³/mol. The highest BCUT2D eigenvalue weighted by molar-refractivity contribution is 5.88. The minimum absolute atomic E-state index is 0.248. The number of esters is 1. The molecule has 0 atom stereocenters. The molecule has 0 radical (unpaired) electrons. The highest BCUT2D eigenvalue weighted by Crippen LogP contribution is 2.51. The van der Waals surface area contributed by atoms with E-state index in [-0.39, 0.29) is 11.4 Å². The highest BCUT2D eigenvalue weighted by Gasteiger charge is 2.63. The van der Waals surface area contributed by atoms with E-state index < -0.39 is 29.8 Å². The van der Waals surface area contributed by atoms with Gasteiger partial charge in [-0.2, -0.15) is 17.6 Å². The summed E-state index contributed by atoms with van der Waals surface area (Å²) in [6.07, 6.45) is -1.10. The van der Waals surface area contributed by atoms with E-state index in [1.807, 2.05) is 0 Å². The first-order valence-corrected chi connectivity index (χ1v) is 4.36. The number of carbonyl (C=O) groups excluding carboxylic acids is 1. The van der Waals surface area contributed by atoms with Crippen molar-refractivity contribution in [1.29, 1.82) is 0 Å². The molecule has 1 heterocycles. The number of hydrogen-bond acceptors (Lipinski definition) is 2. The number of alkyl halides is 4. The Kier molecular flexibility index (Phi) is 2.05. The molecule has 1 aromatic heterocycles. The average molecular weight is 237 g/mol. The van der Waals surface area contributed by atoms with Crippen molar-refractivity contribution in [2.75, 3.05) is 7.11 Å². The third-order valence-electron chi connectivity index (χ3n) is 2.50. The number of carbonyl (C=O) groups is 1. The van der Waals surface area contributed by atoms with E-state index in [0.717, 1.165) is 7.11 Å². The molecule has 0 aliphatic heterocycles. The van der Waals surface area contributed by atoms with E-state index in [4.69, 9.17) is 0 Å². The molecule has 0 bridgehead atoms. The van der Waals surface area contributed by atoms with Crippen LogP contribution in [0.25, 0.3) is 0 Å². The number of aromatic amines is 1. The topological polar surface area (TPSA) is 42.1 Å². The van der Waals surface area contributed by atoms with E-state index in [2.05, 4.69) is 9.72 Å². The molecule has 0 saturated heterocycles. The summed E-state index contributed by atoms with van der Waals surface area (Å²) >= 11 is 0. The van der Waals surface area contributed by atoms with Crippen LogP contribution in [0.5, 0.6) is 0 Å². The Bertz CT molecular complexity index is 452. The lowest BCUT2D eigenvalue weighted by Gasteiger charge is -2.18. The molecule has 1 N–H and O–H groups in total. The lowest BCUT2D eigenvalue weighted by atomic mass is 10.1. The van der Waals surface area contributed by atoms with Crippen LogP contribution in [0, 0.1) is 0 Å². The second-order valence-electron chi connectivity index (χ2n) is 3.52. The third-order valence-corrected chi connectivity index (χ3v) is 2.50. The van der Waals surface area contributed by atoms with Gasteiger partial charge in [-0.1, -0.05) is 0 Å². The van der Waals surface area contributed by atoms with Crippen LogP contribution in [-0.2, 0) is 17.1 Å². The Labute approximate surface area is 87.4 Å². The van der Waals surface area contributed by atoms with Gasteiger partial charge in [-0.3, -0.25) is 0 Å². The maximum Gasteiger partial charge on any atom is 0.354 e. The lowest BCUT2D eigenvalue weighted by Crippen LogP contribution is -2.33. The maximum atomic E-state index is 13.2. The van der Waals surface area contributed by atoms with Crippen molar-refractivity contribution in [2.45, 2.75) is 18.3 Å². The predicted octanol–water partition coefficient (Wildman–Crippen LogP) is 2.08. The molecule has 0 unspecified atom stereocenters. The standard InChI is InChI=1S/C9H7F4NO2/c1-16-7(15)5-2-4-6(14-5)3-8(10,11)9(4,12)13/h2,14H,3H2,1H3. The number of halogens is 4. The summed E-state index contributed by atoms with van der Waals surface area (Å²) in [5.74, 6) is -9.22. The second kappa shape index (κ2) is 2.99. The molecule has 16 heavy (non-hydrogen) atoms. The Morgan fingerprint density at radius 1 is 1.44 bits per heavy atom. The molecule has 3 nitrogen and oxygen atoms in total. The van der Waals surface area contributed by atoms with Gasteiger partial charge in [-0.15, -0.1) is 0 Å². The van der Waals surface area contributed by atoms with Gasteiger partial charge in [0.1, 0.15) is 5.69 Å². The van der Waals surface area contributed by atoms with Crippen molar-refractivity contribution < 1.29 is 27.1 Å². The van der Waals surface area contributed by atoms with Crippen LogP contribution >= 0.6 is 0 Å². The summed E-state index contributed by atoms with van der Waals surface area (Å²) in [5.41, 5.74) is -1.41. The molecular weight excluding hydrogens is 230 g/mol. The molecule has 0 amide bonds. The van der Waals surface area contributed by atoms with Crippen LogP contribution in [0.2, 0.25) is 0 Å². The minimum Gasteiger partial charge on any atom is -0.464 e. The summed E-state index contributed by atoms with van der Waals surface area (Å²) in [6.45, 7) is 0. The van der Waals surface area contributed by atoms with E-state index >= 15 is 0 Å². The first-order valence-electron chi connectivity index (χ1n) is 4.36. The number of methoxy groups -OCH3 is 1. The quantitative estimate of drug-likeness (QED) is 0.600. The molecule has 0 fully saturated rings. The normalized spacial score (nSPS) is 20.6. The van der Waals surface area contributed by atoms with Crippen LogP contribution in [0.4, 0.5) is 17.6 Å². The van der Waals surface area contributed by atoms with Gasteiger partial charge in [0.15, 0.2) is 0 Å². The SMILES string of the molecule is COC(=O)c1cc2c([nH]1)CC(F)(F)C2(F)F. The van der Waals surface area contributed by atoms with Crippen LogP contribution in [0.1, 0.15) is 21.7 Å². The van der Waals surface area contributed by atoms with E-state index in [1.54, 1.807) is 0 Å². The number of rotatable bonds is 1. The summed E-state index contributed by atoms with van der Waals surface area (Å²) in [5, 5.41) is 0. The van der Waals surface area contributed by atoms with E-state index in [0.29, 0.717) is 6.07 Å². The molecular formula is C9H7F4NO2. The Morgan fingerprint density at radius 3 is 2.56 bits per heavy atom. The number of nitrogens with one attached hydrogen (secondary N) is 1. The van der Waals surface area contributed by atoms with Crippen molar-refractivity contribution in [3.63, 3.8) is 0 Å². The first kappa shape index (κ1) is 11.0. The maximum absolute atomic E-state index is 13.2. The fourth-order valence-corrected chi connectivity index (χ4v) is 1.67. The number of ether oxygens (including phenoxy) is 1. The molecule has 0 aromatic carbocycles. The molecule has 88 valence electrons. The fourth-order valence-electron chi connectivity index (χ4n) is 1.67. The van der Waals surface area contributed by atoms with Gasteiger partial charge in [-0.25, -0.2) is 4.79 Å². The molecule has 0 spiro atoms. The van der Waals surface area contributed by atoms with Crippen molar-refractivity contribution in [3.05, 3.63) is 23.0 Å². The van der Waals surface area contributed by atoms with Gasteiger partial charge in [0, 0.05) is 11.3 Å². The number of aromatic nitrogens is 1. The Hall–Kier alpha value is -1.53. The molecule has 7 heteroatoms. The molecule has 1 aliphatic rings. The lowest BCUT2D eigenvalue weighted by molar-refractivity contribution is -0.202. The van der Waals surface area contributed by atoms with Gasteiger partial charge in [0.2, 0.25) is 0 Å². The van der Waals surface area contributed by atoms with Crippen molar-refractivity contribution >= 4 is 5.97 Å². The van der Waals surface area contributed by atoms with Gasteiger partial charge >= 0.3 is 17.8 Å². The van der Waals surface area contributed by atoms with E-state index in [1.165, 1.54) is 0 Å². The highest BCUT2D eigenvalue weighted by atomic mass is 19.3. The monoisotopic (exact) mass is 237 g/mol. The number of H-pyrrole nitrogens is 1. The molecule has 1 aromatic rings. The molecule has 1 aliphatic carbocycles. The Morgan fingerprint density at radius 2 is 2.06 bits per heavy atom. The zero-order chi connectivity index (χ0) is 12.1. The van der Waals surface area contributed by atoms with Crippen molar-refractivity contribution in [3.8, 4) is 0 Å². The van der Waals surface area contributed by atoms with Crippen LogP contribution < -0.4 is 0 Å². The van der Waals surface area contributed by atoms with Gasteiger partial charge in [0.05, 0.1) is 13.5 Å². The molecule has 0 saturated carbocycles. The summed E-state index contributed by atoms with van der Waals surface area (Å²) < 4.78 is 56.4. The smallest absolute Gasteiger partial charge is 0.354 e. The van der Waals surface area contributed by atoms with Crippen LogP contribution in [-0.4, -0.2) is 24.0 Å². The zero-order valence-electron chi connectivity index (χ0n) is 8.11. The summed E-state index contributed by atoms with van der Waals surface area (Å²) in [7, 11) is 1.07.